The number of hydrogen-bond acceptors (Lipinski definition) is 4. The van der Waals surface area contributed by atoms with Crippen LogP contribution in [0.5, 0.6) is 5.75 Å². The molecule has 3 rings (SSSR count). The maximum atomic E-state index is 12.0. The van der Waals surface area contributed by atoms with Gasteiger partial charge in [0.25, 0.3) is 0 Å². The Morgan fingerprint density at radius 2 is 1.46 bits per heavy atom. The Morgan fingerprint density at radius 1 is 0.923 bits per heavy atom. The molecule has 2 aromatic rings. The number of hydrogen-bond donors (Lipinski definition) is 2. The van der Waals surface area contributed by atoms with Crippen molar-refractivity contribution in [2.75, 3.05) is 29.2 Å². The Kier molecular flexibility index (Phi) is 5.17. The summed E-state index contributed by atoms with van der Waals surface area (Å²) < 4.78 is 5.04. The number of anilines is 3. The number of methoxy groups -OCH3 is 1. The van der Waals surface area contributed by atoms with E-state index >= 15 is 0 Å². The van der Waals surface area contributed by atoms with Gasteiger partial charge in [-0.1, -0.05) is 0 Å². The molecule has 0 atom stereocenters. The lowest BCUT2D eigenvalue weighted by molar-refractivity contribution is -0.132. The van der Waals surface area contributed by atoms with Crippen molar-refractivity contribution in [2.45, 2.75) is 12.8 Å². The molecule has 7 heteroatoms. The van der Waals surface area contributed by atoms with Crippen molar-refractivity contribution < 1.29 is 19.1 Å². The third-order valence-electron chi connectivity index (χ3n) is 4.06. The van der Waals surface area contributed by atoms with Gasteiger partial charge in [-0.2, -0.15) is 0 Å². The average molecular weight is 353 g/mol. The van der Waals surface area contributed by atoms with Crippen LogP contribution in [0.25, 0.3) is 0 Å². The van der Waals surface area contributed by atoms with Crippen LogP contribution in [0.4, 0.5) is 17.1 Å². The first kappa shape index (κ1) is 17.5. The van der Waals surface area contributed by atoms with Crippen molar-refractivity contribution in [2.24, 2.45) is 0 Å². The smallest absolute Gasteiger partial charge is 0.314 e. The van der Waals surface area contributed by atoms with Gasteiger partial charge in [-0.05, 0) is 55.0 Å². The number of nitrogens with one attached hydrogen (secondary N) is 2. The first-order chi connectivity index (χ1) is 12.6. The van der Waals surface area contributed by atoms with E-state index in [0.717, 1.165) is 12.1 Å². The Bertz CT molecular complexity index is 816. The Labute approximate surface area is 150 Å². The molecule has 1 aliphatic heterocycles. The summed E-state index contributed by atoms with van der Waals surface area (Å²) in [7, 11) is 1.55. The number of carbonyl (C=O) groups is 3. The summed E-state index contributed by atoms with van der Waals surface area (Å²) in [6, 6.07) is 13.5. The van der Waals surface area contributed by atoms with Crippen molar-refractivity contribution >= 4 is 34.8 Å². The molecule has 1 saturated heterocycles. The predicted octanol–water partition coefficient (Wildman–Crippen LogP) is 2.40. The van der Waals surface area contributed by atoms with E-state index in [1.807, 2.05) is 0 Å². The zero-order valence-electron chi connectivity index (χ0n) is 14.3. The predicted molar refractivity (Wildman–Crippen MR) is 98.3 cm³/mol. The van der Waals surface area contributed by atoms with Crippen molar-refractivity contribution in [3.8, 4) is 5.75 Å². The van der Waals surface area contributed by atoms with E-state index < -0.39 is 11.8 Å². The highest BCUT2D eigenvalue weighted by molar-refractivity contribution is 6.43. The summed E-state index contributed by atoms with van der Waals surface area (Å²) in [6.07, 6.45) is 1.41. The van der Waals surface area contributed by atoms with Crippen LogP contribution < -0.4 is 20.3 Å². The van der Waals surface area contributed by atoms with Gasteiger partial charge in [0, 0.05) is 30.0 Å². The van der Waals surface area contributed by atoms with E-state index in [9.17, 15) is 14.4 Å². The van der Waals surface area contributed by atoms with Gasteiger partial charge < -0.3 is 20.3 Å². The molecule has 0 aromatic heterocycles. The summed E-state index contributed by atoms with van der Waals surface area (Å²) in [5.74, 6) is -0.788. The fraction of sp³-hybridized carbons (Fsp3) is 0.211. The number of benzene rings is 2. The van der Waals surface area contributed by atoms with Crippen LogP contribution >= 0.6 is 0 Å². The summed E-state index contributed by atoms with van der Waals surface area (Å²) >= 11 is 0. The normalized spacial score (nSPS) is 13.4. The Morgan fingerprint density at radius 3 is 1.92 bits per heavy atom. The fourth-order valence-electron chi connectivity index (χ4n) is 2.70. The zero-order valence-corrected chi connectivity index (χ0v) is 14.3. The SMILES string of the molecule is COc1ccc(NC(=O)C(=O)Nc2ccc(N3CCCC3=O)cc2)cc1. The van der Waals surface area contributed by atoms with E-state index in [2.05, 4.69) is 10.6 Å². The number of nitrogens with zero attached hydrogens (tertiary/aromatic N) is 1. The van der Waals surface area contributed by atoms with Gasteiger partial charge in [-0.15, -0.1) is 0 Å². The van der Waals surface area contributed by atoms with Crippen molar-refractivity contribution in [1.29, 1.82) is 0 Å². The van der Waals surface area contributed by atoms with Crippen LogP contribution in [0.3, 0.4) is 0 Å². The minimum Gasteiger partial charge on any atom is -0.497 e. The zero-order chi connectivity index (χ0) is 18.5. The van der Waals surface area contributed by atoms with Crippen LogP contribution in [0, 0.1) is 0 Å². The molecule has 7 nitrogen and oxygen atoms in total. The van der Waals surface area contributed by atoms with Gasteiger partial charge >= 0.3 is 11.8 Å². The third-order valence-corrected chi connectivity index (χ3v) is 4.06. The first-order valence-corrected chi connectivity index (χ1v) is 8.23. The molecule has 1 aliphatic rings. The molecule has 1 fully saturated rings. The topological polar surface area (TPSA) is 87.7 Å². The second-order valence-electron chi connectivity index (χ2n) is 5.83. The van der Waals surface area contributed by atoms with Crippen molar-refractivity contribution in [3.63, 3.8) is 0 Å². The first-order valence-electron chi connectivity index (χ1n) is 8.23. The monoisotopic (exact) mass is 353 g/mol. The van der Waals surface area contributed by atoms with E-state index in [1.165, 1.54) is 0 Å². The lowest BCUT2D eigenvalue weighted by atomic mass is 10.2. The summed E-state index contributed by atoms with van der Waals surface area (Å²) in [5, 5.41) is 5.05. The average Bonchev–Trinajstić information content (AvgIpc) is 3.09. The van der Waals surface area contributed by atoms with Crippen molar-refractivity contribution in [3.05, 3.63) is 48.5 Å². The molecular weight excluding hydrogens is 334 g/mol. The van der Waals surface area contributed by atoms with E-state index in [0.29, 0.717) is 30.1 Å². The van der Waals surface area contributed by atoms with E-state index in [4.69, 9.17) is 4.74 Å². The molecule has 3 amide bonds. The molecule has 26 heavy (non-hydrogen) atoms. The van der Waals surface area contributed by atoms with E-state index in [1.54, 1.807) is 60.5 Å². The minimum absolute atomic E-state index is 0.0978. The van der Waals surface area contributed by atoms with Gasteiger partial charge in [-0.25, -0.2) is 0 Å². The van der Waals surface area contributed by atoms with Gasteiger partial charge in [0.1, 0.15) is 5.75 Å². The highest BCUT2D eigenvalue weighted by Crippen LogP contribution is 2.23. The molecular formula is C19H19N3O4. The van der Waals surface area contributed by atoms with Crippen LogP contribution in [0.2, 0.25) is 0 Å². The third kappa shape index (κ3) is 4.00. The van der Waals surface area contributed by atoms with Gasteiger partial charge in [0.15, 0.2) is 0 Å². The lowest BCUT2D eigenvalue weighted by Gasteiger charge is -2.16. The summed E-state index contributed by atoms with van der Waals surface area (Å²) in [5.41, 5.74) is 1.76. The number of carbonyl (C=O) groups excluding carboxylic acids is 3. The highest BCUT2D eigenvalue weighted by Gasteiger charge is 2.21. The van der Waals surface area contributed by atoms with Gasteiger partial charge in [0.05, 0.1) is 7.11 Å². The number of rotatable bonds is 4. The molecule has 0 saturated carbocycles. The molecule has 2 aromatic carbocycles. The summed E-state index contributed by atoms with van der Waals surface area (Å²) in [6.45, 7) is 0.703. The standard InChI is InChI=1S/C19H19N3O4/c1-26-16-10-6-14(7-11-16)21-19(25)18(24)20-13-4-8-15(9-5-13)22-12-2-3-17(22)23/h4-11H,2-3,12H2,1H3,(H,20,24)(H,21,25). The minimum atomic E-state index is -0.772. The lowest BCUT2D eigenvalue weighted by Crippen LogP contribution is -2.29. The van der Waals surface area contributed by atoms with Crippen molar-refractivity contribution in [1.82, 2.24) is 0 Å². The molecule has 1 heterocycles. The second-order valence-corrected chi connectivity index (χ2v) is 5.83. The van der Waals surface area contributed by atoms with Crippen LogP contribution in [-0.2, 0) is 14.4 Å². The molecule has 0 aliphatic carbocycles. The highest BCUT2D eigenvalue weighted by atomic mass is 16.5. The molecule has 0 unspecified atom stereocenters. The Balaban J connectivity index is 1.58. The van der Waals surface area contributed by atoms with Crippen LogP contribution in [0.1, 0.15) is 12.8 Å². The maximum absolute atomic E-state index is 12.0. The molecule has 0 bridgehead atoms. The van der Waals surface area contributed by atoms with Crippen LogP contribution in [0.15, 0.2) is 48.5 Å². The number of ether oxygens (including phenoxy) is 1. The largest absolute Gasteiger partial charge is 0.497 e. The van der Waals surface area contributed by atoms with Gasteiger partial charge in [0.2, 0.25) is 5.91 Å². The Hall–Kier alpha value is -3.35. The molecule has 2 N–H and O–H groups in total. The molecule has 134 valence electrons. The molecule has 0 spiro atoms. The van der Waals surface area contributed by atoms with Crippen LogP contribution in [-0.4, -0.2) is 31.4 Å². The summed E-state index contributed by atoms with van der Waals surface area (Å²) in [4.78, 5) is 37.5. The maximum Gasteiger partial charge on any atom is 0.314 e. The second kappa shape index (κ2) is 7.69. The fourth-order valence-corrected chi connectivity index (χ4v) is 2.70. The van der Waals surface area contributed by atoms with Gasteiger partial charge in [-0.3, -0.25) is 14.4 Å². The molecule has 0 radical (unpaired) electrons. The quantitative estimate of drug-likeness (QED) is 0.826. The van der Waals surface area contributed by atoms with E-state index in [-0.39, 0.29) is 5.91 Å². The number of amides is 3.